The van der Waals surface area contributed by atoms with Crippen LogP contribution in [0.1, 0.15) is 13.8 Å². The molecule has 1 aromatic heterocycles. The molecule has 64 valence electrons. The quantitative estimate of drug-likeness (QED) is 0.797. The summed E-state index contributed by atoms with van der Waals surface area (Å²) in [6.07, 6.45) is 0. The highest BCUT2D eigenvalue weighted by molar-refractivity contribution is 7.19. The van der Waals surface area contributed by atoms with E-state index >= 15 is 0 Å². The van der Waals surface area contributed by atoms with E-state index in [1.165, 1.54) is 11.3 Å². The highest BCUT2D eigenvalue weighted by Crippen LogP contribution is 2.28. The van der Waals surface area contributed by atoms with Crippen molar-refractivity contribution in [3.63, 3.8) is 0 Å². The molecule has 4 heteroatoms. The van der Waals surface area contributed by atoms with Gasteiger partial charge in [0.1, 0.15) is 5.54 Å². The van der Waals surface area contributed by atoms with Crippen LogP contribution >= 0.6 is 22.9 Å². The van der Waals surface area contributed by atoms with Crippen LogP contribution in [-0.2, 0) is 0 Å². The molecule has 0 bridgehead atoms. The fourth-order valence-electron chi connectivity index (χ4n) is 0.717. The van der Waals surface area contributed by atoms with Crippen LogP contribution in [0.5, 0.6) is 0 Å². The summed E-state index contributed by atoms with van der Waals surface area (Å²) in [6.45, 7) is 3.64. The molecule has 12 heavy (non-hydrogen) atoms. The molecule has 0 amide bonds. The van der Waals surface area contributed by atoms with Gasteiger partial charge in [0.15, 0.2) is 0 Å². The van der Waals surface area contributed by atoms with Crippen LogP contribution in [0.2, 0.25) is 4.34 Å². The molecular weight excluding hydrogens is 192 g/mol. The highest BCUT2D eigenvalue weighted by Gasteiger charge is 2.16. The standard InChI is InChI=1S/C8H9ClN2S/c1-8(2,5-10)11-7-4-3-6(9)12-7/h3-4,11H,1-2H3. The Bertz CT molecular complexity index is 311. The van der Waals surface area contributed by atoms with E-state index < -0.39 is 5.54 Å². The molecule has 0 saturated heterocycles. The first-order chi connectivity index (χ1) is 5.53. The Balaban J connectivity index is 2.72. The summed E-state index contributed by atoms with van der Waals surface area (Å²) >= 11 is 7.16. The molecule has 2 nitrogen and oxygen atoms in total. The van der Waals surface area contributed by atoms with Crippen molar-refractivity contribution >= 4 is 27.9 Å². The molecule has 0 aliphatic rings. The summed E-state index contributed by atoms with van der Waals surface area (Å²) in [5.41, 5.74) is -0.534. The second-order valence-corrected chi connectivity index (χ2v) is 4.68. The van der Waals surface area contributed by atoms with Crippen LogP contribution < -0.4 is 5.32 Å². The van der Waals surface area contributed by atoms with Crippen molar-refractivity contribution in [3.05, 3.63) is 16.5 Å². The van der Waals surface area contributed by atoms with E-state index in [2.05, 4.69) is 11.4 Å². The van der Waals surface area contributed by atoms with Gasteiger partial charge in [-0.3, -0.25) is 0 Å². The van der Waals surface area contributed by atoms with Crippen molar-refractivity contribution in [2.75, 3.05) is 5.32 Å². The summed E-state index contributed by atoms with van der Waals surface area (Å²) < 4.78 is 0.728. The van der Waals surface area contributed by atoms with Crippen molar-refractivity contribution in [1.82, 2.24) is 0 Å². The topological polar surface area (TPSA) is 35.8 Å². The third-order valence-electron chi connectivity index (χ3n) is 1.29. The SMILES string of the molecule is CC(C)(C#N)Nc1ccc(Cl)s1. The predicted octanol–water partition coefficient (Wildman–Crippen LogP) is 3.12. The summed E-state index contributed by atoms with van der Waals surface area (Å²) in [5.74, 6) is 0. The Morgan fingerprint density at radius 2 is 2.25 bits per heavy atom. The Morgan fingerprint density at radius 1 is 1.58 bits per heavy atom. The van der Waals surface area contributed by atoms with Gasteiger partial charge in [-0.05, 0) is 26.0 Å². The molecule has 1 aromatic rings. The normalized spacial score (nSPS) is 10.8. The van der Waals surface area contributed by atoms with Crippen LogP contribution in [0.4, 0.5) is 5.00 Å². The zero-order chi connectivity index (χ0) is 9.19. The van der Waals surface area contributed by atoms with Gasteiger partial charge in [0.2, 0.25) is 0 Å². The summed E-state index contributed by atoms with van der Waals surface area (Å²) in [4.78, 5) is 0. The Kier molecular flexibility index (Phi) is 2.61. The van der Waals surface area contributed by atoms with Crippen LogP contribution in [0.25, 0.3) is 0 Å². The van der Waals surface area contributed by atoms with Crippen LogP contribution in [0.15, 0.2) is 12.1 Å². The predicted molar refractivity (Wildman–Crippen MR) is 52.6 cm³/mol. The Hall–Kier alpha value is -0.720. The van der Waals surface area contributed by atoms with Gasteiger partial charge < -0.3 is 5.32 Å². The molecule has 0 spiro atoms. The molecule has 0 aliphatic carbocycles. The third kappa shape index (κ3) is 2.40. The molecule has 1 rings (SSSR count). The minimum atomic E-state index is -0.534. The maximum atomic E-state index is 8.72. The molecule has 0 saturated carbocycles. The molecule has 0 atom stereocenters. The molecule has 1 heterocycles. The Morgan fingerprint density at radius 3 is 2.67 bits per heavy atom. The second-order valence-electron chi connectivity index (χ2n) is 2.97. The first-order valence-corrected chi connectivity index (χ1v) is 4.68. The van der Waals surface area contributed by atoms with Crippen LogP contribution in [0, 0.1) is 11.3 Å². The minimum Gasteiger partial charge on any atom is -0.359 e. The number of hydrogen-bond donors (Lipinski definition) is 1. The van der Waals surface area contributed by atoms with Crippen molar-refractivity contribution in [2.24, 2.45) is 0 Å². The zero-order valence-electron chi connectivity index (χ0n) is 6.89. The van der Waals surface area contributed by atoms with Gasteiger partial charge in [-0.1, -0.05) is 11.6 Å². The van der Waals surface area contributed by atoms with Gasteiger partial charge in [-0.25, -0.2) is 0 Å². The van der Waals surface area contributed by atoms with Crippen molar-refractivity contribution in [3.8, 4) is 6.07 Å². The number of nitriles is 1. The van der Waals surface area contributed by atoms with Crippen molar-refractivity contribution in [1.29, 1.82) is 5.26 Å². The largest absolute Gasteiger partial charge is 0.359 e. The fraction of sp³-hybridized carbons (Fsp3) is 0.375. The number of nitrogens with zero attached hydrogens (tertiary/aromatic N) is 1. The summed E-state index contributed by atoms with van der Waals surface area (Å²) in [6, 6.07) is 5.83. The lowest BCUT2D eigenvalue weighted by Gasteiger charge is -2.16. The molecule has 0 aliphatic heterocycles. The van der Waals surface area contributed by atoms with E-state index in [4.69, 9.17) is 16.9 Å². The van der Waals surface area contributed by atoms with E-state index in [1.54, 1.807) is 0 Å². The lowest BCUT2D eigenvalue weighted by molar-refractivity contribution is 0.732. The van der Waals surface area contributed by atoms with Crippen molar-refractivity contribution in [2.45, 2.75) is 19.4 Å². The molecule has 0 fully saturated rings. The maximum absolute atomic E-state index is 8.72. The second kappa shape index (κ2) is 3.34. The first kappa shape index (κ1) is 9.37. The van der Waals surface area contributed by atoms with Gasteiger partial charge in [0.05, 0.1) is 15.4 Å². The van der Waals surface area contributed by atoms with E-state index in [0.717, 1.165) is 9.34 Å². The maximum Gasteiger partial charge on any atom is 0.120 e. The number of rotatable bonds is 2. The first-order valence-electron chi connectivity index (χ1n) is 3.48. The van der Waals surface area contributed by atoms with Gasteiger partial charge in [-0.2, -0.15) is 5.26 Å². The van der Waals surface area contributed by atoms with Gasteiger partial charge in [0.25, 0.3) is 0 Å². The monoisotopic (exact) mass is 200 g/mol. The molecule has 0 unspecified atom stereocenters. The van der Waals surface area contributed by atoms with E-state index in [0.29, 0.717) is 0 Å². The van der Waals surface area contributed by atoms with Gasteiger partial charge >= 0.3 is 0 Å². The van der Waals surface area contributed by atoms with Gasteiger partial charge in [-0.15, -0.1) is 11.3 Å². The highest BCUT2D eigenvalue weighted by atomic mass is 35.5. The number of anilines is 1. The molecule has 1 N–H and O–H groups in total. The average Bonchev–Trinajstić information content (AvgIpc) is 2.35. The number of halogens is 1. The zero-order valence-corrected chi connectivity index (χ0v) is 8.46. The number of hydrogen-bond acceptors (Lipinski definition) is 3. The summed E-state index contributed by atoms with van der Waals surface area (Å²) in [5, 5.41) is 12.7. The van der Waals surface area contributed by atoms with Crippen LogP contribution in [0.3, 0.4) is 0 Å². The number of nitrogens with one attached hydrogen (secondary N) is 1. The lowest BCUT2D eigenvalue weighted by Crippen LogP contribution is -2.27. The third-order valence-corrected chi connectivity index (χ3v) is 2.43. The summed E-state index contributed by atoms with van der Waals surface area (Å²) in [7, 11) is 0. The smallest absolute Gasteiger partial charge is 0.120 e. The van der Waals surface area contributed by atoms with E-state index in [1.807, 2.05) is 26.0 Å². The lowest BCUT2D eigenvalue weighted by atomic mass is 10.1. The minimum absolute atomic E-state index is 0.534. The van der Waals surface area contributed by atoms with Crippen molar-refractivity contribution < 1.29 is 0 Å². The van der Waals surface area contributed by atoms with Crippen LogP contribution in [-0.4, -0.2) is 5.54 Å². The Labute approximate surface area is 80.8 Å². The number of thiophene rings is 1. The molecular formula is C8H9ClN2S. The molecule has 0 radical (unpaired) electrons. The van der Waals surface area contributed by atoms with Gasteiger partial charge in [0, 0.05) is 0 Å². The van der Waals surface area contributed by atoms with E-state index in [-0.39, 0.29) is 0 Å². The average molecular weight is 201 g/mol. The van der Waals surface area contributed by atoms with E-state index in [9.17, 15) is 0 Å². The fourth-order valence-corrected chi connectivity index (χ4v) is 1.82. The molecule has 0 aromatic carbocycles.